The molecule has 1 saturated heterocycles. The highest BCUT2D eigenvalue weighted by Crippen LogP contribution is 2.69. The molecule has 5 fully saturated rings. The molecule has 4 saturated carbocycles. The van der Waals surface area contributed by atoms with Gasteiger partial charge in [-0.3, -0.25) is 0 Å². The molecule has 0 atom stereocenters. The smallest absolute Gasteiger partial charge is 0.399 e. The second-order valence-electron chi connectivity index (χ2n) is 13.3. The molecule has 5 aliphatic carbocycles. The number of hydrogen-bond acceptors (Lipinski definition) is 2. The lowest BCUT2D eigenvalue weighted by Gasteiger charge is -2.61. The van der Waals surface area contributed by atoms with Crippen molar-refractivity contribution in [3.05, 3.63) is 65.7 Å². The summed E-state index contributed by atoms with van der Waals surface area (Å²) in [6.45, 7) is 8.62. The van der Waals surface area contributed by atoms with Crippen molar-refractivity contribution >= 4 is 23.4 Å². The maximum atomic E-state index is 6.52. The Morgan fingerprint density at radius 3 is 1.86 bits per heavy atom. The minimum absolute atomic E-state index is 0.155. The largest absolute Gasteiger partial charge is 0.494 e. The van der Waals surface area contributed by atoms with Crippen molar-refractivity contribution < 1.29 is 9.31 Å². The number of hydrogen-bond donors (Lipinski definition) is 0. The van der Waals surface area contributed by atoms with Crippen LogP contribution < -0.4 is 5.46 Å². The van der Waals surface area contributed by atoms with E-state index in [2.05, 4.69) is 82.3 Å². The highest BCUT2D eigenvalue weighted by molar-refractivity contribution is 6.62. The Labute approximate surface area is 209 Å². The van der Waals surface area contributed by atoms with Crippen LogP contribution in [0.25, 0.3) is 21.9 Å². The predicted octanol–water partition coefficient (Wildman–Crippen LogP) is 6.86. The molecular weight excluding hydrogens is 427 g/mol. The lowest BCUT2D eigenvalue weighted by atomic mass is 9.43. The molecule has 0 unspecified atom stereocenters. The van der Waals surface area contributed by atoms with Gasteiger partial charge in [-0.05, 0) is 134 Å². The summed E-state index contributed by atoms with van der Waals surface area (Å²) in [4.78, 5) is 0. The van der Waals surface area contributed by atoms with Crippen molar-refractivity contribution in [2.24, 2.45) is 23.7 Å². The number of benzene rings is 3. The monoisotopic (exact) mass is 462 g/mol. The van der Waals surface area contributed by atoms with Gasteiger partial charge in [-0.25, -0.2) is 0 Å². The summed E-state index contributed by atoms with van der Waals surface area (Å²) >= 11 is 0. The molecule has 9 rings (SSSR count). The summed E-state index contributed by atoms with van der Waals surface area (Å²) in [6.07, 6.45) is 7.09. The molecule has 4 bridgehead atoms. The Balaban J connectivity index is 1.35. The van der Waals surface area contributed by atoms with Crippen LogP contribution in [0.5, 0.6) is 0 Å². The van der Waals surface area contributed by atoms with Gasteiger partial charge in [0.15, 0.2) is 0 Å². The van der Waals surface area contributed by atoms with Crippen molar-refractivity contribution in [3.8, 4) is 11.1 Å². The van der Waals surface area contributed by atoms with Crippen LogP contribution in [0, 0.1) is 23.7 Å². The predicted molar refractivity (Wildman–Crippen MR) is 143 cm³/mol. The zero-order chi connectivity index (χ0) is 23.7. The Morgan fingerprint density at radius 1 is 0.657 bits per heavy atom. The summed E-state index contributed by atoms with van der Waals surface area (Å²) < 4.78 is 13.0. The molecule has 0 N–H and O–H groups in total. The molecule has 0 radical (unpaired) electrons. The van der Waals surface area contributed by atoms with E-state index in [4.69, 9.17) is 9.31 Å². The van der Waals surface area contributed by atoms with E-state index in [0.717, 1.165) is 23.7 Å². The maximum absolute atomic E-state index is 6.52. The lowest BCUT2D eigenvalue weighted by Crippen LogP contribution is -2.55. The molecule has 3 aromatic rings. The molecule has 2 nitrogen and oxygen atoms in total. The molecule has 35 heavy (non-hydrogen) atoms. The van der Waals surface area contributed by atoms with E-state index in [9.17, 15) is 0 Å². The Hall–Kier alpha value is -2.10. The van der Waals surface area contributed by atoms with Crippen molar-refractivity contribution in [1.82, 2.24) is 0 Å². The van der Waals surface area contributed by atoms with Gasteiger partial charge >= 0.3 is 7.12 Å². The standard InChI is InChI=1S/C32H35BO2/c1-30(2)31(3,4)35-33(34-30)25-9-10-26-27-16-21-7-5-6-8-22(21)17-28(27)32(29(26)18-25)23-12-19-11-20(14-23)15-24(32)13-19/h5-10,16-20,23-24H,11-15H2,1-4H3. The maximum Gasteiger partial charge on any atom is 0.494 e. The third-order valence-corrected chi connectivity index (χ3v) is 11.1. The first-order valence-electron chi connectivity index (χ1n) is 13.8. The van der Waals surface area contributed by atoms with Gasteiger partial charge in [-0.15, -0.1) is 0 Å². The lowest BCUT2D eigenvalue weighted by molar-refractivity contribution is -0.0398. The molecule has 3 aromatic carbocycles. The van der Waals surface area contributed by atoms with Gasteiger partial charge in [0, 0.05) is 5.41 Å². The van der Waals surface area contributed by atoms with E-state index < -0.39 is 0 Å². The first-order chi connectivity index (χ1) is 16.8. The van der Waals surface area contributed by atoms with Crippen LogP contribution in [0.1, 0.15) is 70.9 Å². The number of rotatable bonds is 1. The van der Waals surface area contributed by atoms with Crippen LogP contribution in [0.4, 0.5) is 0 Å². The van der Waals surface area contributed by atoms with Gasteiger partial charge in [-0.2, -0.15) is 0 Å². The molecule has 0 amide bonds. The molecule has 1 aliphatic heterocycles. The summed E-state index contributed by atoms with van der Waals surface area (Å²) in [7, 11) is -0.304. The Bertz CT molecular complexity index is 1340. The van der Waals surface area contributed by atoms with Crippen LogP contribution in [0.3, 0.4) is 0 Å². The molecule has 6 aliphatic rings. The average molecular weight is 462 g/mol. The second-order valence-corrected chi connectivity index (χ2v) is 13.3. The Morgan fingerprint density at radius 2 is 1.23 bits per heavy atom. The van der Waals surface area contributed by atoms with Gasteiger partial charge in [0.2, 0.25) is 0 Å². The molecule has 3 heteroatoms. The quantitative estimate of drug-likeness (QED) is 0.368. The van der Waals surface area contributed by atoms with Crippen LogP contribution >= 0.6 is 0 Å². The zero-order valence-corrected chi connectivity index (χ0v) is 21.4. The molecule has 0 aromatic heterocycles. The first-order valence-corrected chi connectivity index (χ1v) is 13.8. The van der Waals surface area contributed by atoms with Gasteiger partial charge in [0.05, 0.1) is 11.2 Å². The van der Waals surface area contributed by atoms with E-state index in [1.807, 2.05) is 0 Å². The molecule has 178 valence electrons. The van der Waals surface area contributed by atoms with Crippen molar-refractivity contribution in [2.45, 2.75) is 76.4 Å². The fourth-order valence-corrected chi connectivity index (χ4v) is 9.02. The molecule has 1 heterocycles. The highest BCUT2D eigenvalue weighted by atomic mass is 16.7. The fourth-order valence-electron chi connectivity index (χ4n) is 9.02. The second kappa shape index (κ2) is 6.61. The van der Waals surface area contributed by atoms with Crippen molar-refractivity contribution in [3.63, 3.8) is 0 Å². The van der Waals surface area contributed by atoms with Crippen LogP contribution in [0.15, 0.2) is 54.6 Å². The topological polar surface area (TPSA) is 18.5 Å². The summed E-state index contributed by atoms with van der Waals surface area (Å²) in [5.41, 5.74) is 6.82. The van der Waals surface area contributed by atoms with Gasteiger partial charge < -0.3 is 9.31 Å². The minimum atomic E-state index is -0.322. The average Bonchev–Trinajstić information content (AvgIpc) is 3.22. The minimum Gasteiger partial charge on any atom is -0.399 e. The van der Waals surface area contributed by atoms with E-state index in [0.29, 0.717) is 0 Å². The van der Waals surface area contributed by atoms with Crippen LogP contribution in [0.2, 0.25) is 0 Å². The Kier molecular flexibility index (Phi) is 3.97. The normalized spacial score (nSPS) is 35.1. The van der Waals surface area contributed by atoms with E-state index in [1.54, 1.807) is 11.1 Å². The number of fused-ring (bicyclic) bond motifs is 4. The van der Waals surface area contributed by atoms with E-state index in [1.165, 1.54) is 59.5 Å². The van der Waals surface area contributed by atoms with Crippen LogP contribution in [-0.4, -0.2) is 18.3 Å². The van der Waals surface area contributed by atoms with E-state index in [-0.39, 0.29) is 23.7 Å². The SMILES string of the molecule is CC1(C)OB(c2ccc3c(c2)C2(c4cc5ccccc5cc4-3)C3CC4CC(C3)CC2C4)OC1(C)C. The fraction of sp³-hybridized carbons (Fsp3) is 0.500. The van der Waals surface area contributed by atoms with Crippen molar-refractivity contribution in [1.29, 1.82) is 0 Å². The highest BCUT2D eigenvalue weighted by Gasteiger charge is 2.62. The first kappa shape index (κ1) is 21.0. The molecular formula is C32H35BO2. The molecule has 1 spiro atoms. The van der Waals surface area contributed by atoms with Crippen LogP contribution in [-0.2, 0) is 14.7 Å². The third kappa shape index (κ3) is 2.59. The third-order valence-electron chi connectivity index (χ3n) is 11.1. The summed E-state index contributed by atoms with van der Waals surface area (Å²) in [5, 5.41) is 2.74. The van der Waals surface area contributed by atoms with Crippen molar-refractivity contribution in [2.75, 3.05) is 0 Å². The summed E-state index contributed by atoms with van der Waals surface area (Å²) in [5.74, 6) is 3.41. The zero-order valence-electron chi connectivity index (χ0n) is 21.4. The summed E-state index contributed by atoms with van der Waals surface area (Å²) in [6, 6.07) is 21.2. The van der Waals surface area contributed by atoms with Gasteiger partial charge in [-0.1, -0.05) is 42.5 Å². The van der Waals surface area contributed by atoms with Gasteiger partial charge in [0.1, 0.15) is 0 Å². The van der Waals surface area contributed by atoms with E-state index >= 15 is 0 Å². The van der Waals surface area contributed by atoms with Gasteiger partial charge in [0.25, 0.3) is 0 Å².